The normalized spacial score (nSPS) is 12.3. The minimum Gasteiger partial charge on any atom is -0.394 e. The van der Waals surface area contributed by atoms with Crippen molar-refractivity contribution in [3.05, 3.63) is 34.9 Å². The fourth-order valence-corrected chi connectivity index (χ4v) is 1.63. The van der Waals surface area contributed by atoms with E-state index in [1.165, 1.54) is 0 Å². The molecule has 0 aliphatic heterocycles. The van der Waals surface area contributed by atoms with Gasteiger partial charge in [0.2, 0.25) is 5.91 Å². The molecular weight excluding hydrogens is 250 g/mol. The Morgan fingerprint density at radius 2 is 1.72 bits per heavy atom. The van der Waals surface area contributed by atoms with E-state index in [4.69, 9.17) is 11.6 Å². The fraction of sp³-hybridized carbons (Fsp3) is 0.500. The molecule has 0 bridgehead atoms. The number of aliphatic hydroxyl groups excluding tert-OH is 1. The van der Waals surface area contributed by atoms with Crippen LogP contribution in [0.15, 0.2) is 24.3 Å². The van der Waals surface area contributed by atoms with Gasteiger partial charge in [-0.25, -0.2) is 0 Å². The highest BCUT2D eigenvalue weighted by molar-refractivity contribution is 6.30. The SMILES string of the molecule is CC(C)(CO)NC(=O)C(C)(C)c1ccc(Cl)cc1. The first-order valence-electron chi connectivity index (χ1n) is 5.88. The molecule has 2 N–H and O–H groups in total. The Morgan fingerprint density at radius 1 is 1.22 bits per heavy atom. The van der Waals surface area contributed by atoms with Crippen molar-refractivity contribution in [2.24, 2.45) is 0 Å². The molecule has 0 saturated heterocycles. The van der Waals surface area contributed by atoms with Crippen molar-refractivity contribution < 1.29 is 9.90 Å². The summed E-state index contributed by atoms with van der Waals surface area (Å²) in [5.74, 6) is -0.121. The smallest absolute Gasteiger partial charge is 0.230 e. The zero-order valence-electron chi connectivity index (χ0n) is 11.2. The van der Waals surface area contributed by atoms with Crippen molar-refractivity contribution in [1.29, 1.82) is 0 Å². The molecule has 0 fully saturated rings. The van der Waals surface area contributed by atoms with E-state index in [0.29, 0.717) is 5.02 Å². The lowest BCUT2D eigenvalue weighted by Gasteiger charge is -2.31. The summed E-state index contributed by atoms with van der Waals surface area (Å²) < 4.78 is 0. The molecule has 0 radical (unpaired) electrons. The highest BCUT2D eigenvalue weighted by atomic mass is 35.5. The van der Waals surface area contributed by atoms with Crippen LogP contribution in [0.4, 0.5) is 0 Å². The Balaban J connectivity index is 2.92. The first-order valence-corrected chi connectivity index (χ1v) is 6.26. The largest absolute Gasteiger partial charge is 0.394 e. The average molecular weight is 270 g/mol. The topological polar surface area (TPSA) is 49.3 Å². The van der Waals surface area contributed by atoms with Crippen molar-refractivity contribution in [3.63, 3.8) is 0 Å². The van der Waals surface area contributed by atoms with E-state index >= 15 is 0 Å². The predicted molar refractivity (Wildman–Crippen MR) is 73.8 cm³/mol. The predicted octanol–water partition coefficient (Wildman–Crippen LogP) is 2.50. The van der Waals surface area contributed by atoms with E-state index in [-0.39, 0.29) is 12.5 Å². The van der Waals surface area contributed by atoms with Gasteiger partial charge in [-0.3, -0.25) is 4.79 Å². The third-order valence-electron chi connectivity index (χ3n) is 2.98. The first-order chi connectivity index (χ1) is 8.19. The van der Waals surface area contributed by atoms with Crippen LogP contribution < -0.4 is 5.32 Å². The molecule has 0 aromatic heterocycles. The third-order valence-corrected chi connectivity index (χ3v) is 3.23. The lowest BCUT2D eigenvalue weighted by Crippen LogP contribution is -2.52. The van der Waals surface area contributed by atoms with Crippen LogP contribution in [0.25, 0.3) is 0 Å². The minimum atomic E-state index is -0.670. The first kappa shape index (κ1) is 15.0. The van der Waals surface area contributed by atoms with E-state index in [0.717, 1.165) is 5.56 Å². The van der Waals surface area contributed by atoms with Gasteiger partial charge < -0.3 is 10.4 Å². The van der Waals surface area contributed by atoms with Crippen LogP contribution in [0.2, 0.25) is 5.02 Å². The van der Waals surface area contributed by atoms with E-state index in [2.05, 4.69) is 5.32 Å². The molecule has 1 aromatic carbocycles. The molecule has 0 saturated carbocycles. The summed E-state index contributed by atoms with van der Waals surface area (Å²) in [5.41, 5.74) is -0.407. The molecule has 0 spiro atoms. The van der Waals surface area contributed by atoms with Gasteiger partial charge in [-0.1, -0.05) is 23.7 Å². The summed E-state index contributed by atoms with van der Waals surface area (Å²) in [5, 5.41) is 12.7. The maximum absolute atomic E-state index is 12.3. The van der Waals surface area contributed by atoms with Gasteiger partial charge >= 0.3 is 0 Å². The summed E-state index contributed by atoms with van der Waals surface area (Å²) in [6.45, 7) is 7.15. The molecule has 18 heavy (non-hydrogen) atoms. The standard InChI is InChI=1S/C14H20ClNO2/c1-13(2,9-17)16-12(18)14(3,4)10-5-7-11(15)8-6-10/h5-8,17H,9H2,1-4H3,(H,16,18). The second-order valence-electron chi connectivity index (χ2n) is 5.63. The number of nitrogens with one attached hydrogen (secondary N) is 1. The van der Waals surface area contributed by atoms with Crippen LogP contribution in [0.5, 0.6) is 0 Å². The van der Waals surface area contributed by atoms with Crippen LogP contribution in [-0.2, 0) is 10.2 Å². The summed E-state index contributed by atoms with van der Waals surface area (Å²) in [7, 11) is 0. The number of hydrogen-bond donors (Lipinski definition) is 2. The molecule has 0 aliphatic rings. The molecule has 4 heteroatoms. The molecule has 1 rings (SSSR count). The van der Waals surface area contributed by atoms with Gasteiger partial charge in [0.15, 0.2) is 0 Å². The second-order valence-corrected chi connectivity index (χ2v) is 6.06. The quantitative estimate of drug-likeness (QED) is 0.882. The molecule has 1 aromatic rings. The van der Waals surface area contributed by atoms with Gasteiger partial charge in [-0.15, -0.1) is 0 Å². The molecular formula is C14H20ClNO2. The summed E-state index contributed by atoms with van der Waals surface area (Å²) in [6.07, 6.45) is 0. The molecule has 0 atom stereocenters. The molecule has 0 heterocycles. The number of carbonyl (C=O) groups is 1. The van der Waals surface area contributed by atoms with Crippen LogP contribution in [0.3, 0.4) is 0 Å². The number of amides is 1. The van der Waals surface area contributed by atoms with Gasteiger partial charge in [0, 0.05) is 5.02 Å². The minimum absolute atomic E-state index is 0.102. The zero-order valence-corrected chi connectivity index (χ0v) is 12.0. The van der Waals surface area contributed by atoms with Gasteiger partial charge in [0.05, 0.1) is 17.6 Å². The van der Waals surface area contributed by atoms with Crippen molar-refractivity contribution in [2.45, 2.75) is 38.6 Å². The molecule has 3 nitrogen and oxygen atoms in total. The number of rotatable bonds is 4. The van der Waals surface area contributed by atoms with E-state index < -0.39 is 11.0 Å². The van der Waals surface area contributed by atoms with Gasteiger partial charge in [0.25, 0.3) is 0 Å². The number of aliphatic hydroxyl groups is 1. The number of hydrogen-bond acceptors (Lipinski definition) is 2. The average Bonchev–Trinajstić information content (AvgIpc) is 2.29. The van der Waals surface area contributed by atoms with Crippen LogP contribution >= 0.6 is 11.6 Å². The number of halogens is 1. The van der Waals surface area contributed by atoms with Crippen molar-refractivity contribution in [2.75, 3.05) is 6.61 Å². The third kappa shape index (κ3) is 3.47. The van der Waals surface area contributed by atoms with Crippen molar-refractivity contribution >= 4 is 17.5 Å². The maximum atomic E-state index is 12.3. The van der Waals surface area contributed by atoms with Crippen LogP contribution in [0, 0.1) is 0 Å². The Bertz CT molecular complexity index is 424. The van der Waals surface area contributed by atoms with E-state index in [1.807, 2.05) is 26.0 Å². The molecule has 0 unspecified atom stereocenters. The lowest BCUT2D eigenvalue weighted by atomic mass is 9.83. The summed E-state index contributed by atoms with van der Waals surface area (Å²) >= 11 is 5.84. The highest BCUT2D eigenvalue weighted by Gasteiger charge is 2.33. The fourth-order valence-electron chi connectivity index (χ4n) is 1.50. The Kier molecular flexibility index (Phi) is 4.41. The summed E-state index contributed by atoms with van der Waals surface area (Å²) in [4.78, 5) is 12.3. The van der Waals surface area contributed by atoms with E-state index in [1.54, 1.807) is 26.0 Å². The highest BCUT2D eigenvalue weighted by Crippen LogP contribution is 2.25. The Hall–Kier alpha value is -1.06. The van der Waals surface area contributed by atoms with Crippen molar-refractivity contribution in [1.82, 2.24) is 5.32 Å². The van der Waals surface area contributed by atoms with E-state index in [9.17, 15) is 9.90 Å². The van der Waals surface area contributed by atoms with Crippen LogP contribution in [0.1, 0.15) is 33.3 Å². The summed E-state index contributed by atoms with van der Waals surface area (Å²) in [6, 6.07) is 7.22. The monoisotopic (exact) mass is 269 g/mol. The van der Waals surface area contributed by atoms with Crippen molar-refractivity contribution in [3.8, 4) is 0 Å². The van der Waals surface area contributed by atoms with Gasteiger partial charge in [-0.2, -0.15) is 0 Å². The molecule has 100 valence electrons. The van der Waals surface area contributed by atoms with Crippen LogP contribution in [-0.4, -0.2) is 23.2 Å². The Labute approximate surface area is 113 Å². The molecule has 0 aliphatic carbocycles. The number of carbonyl (C=O) groups excluding carboxylic acids is 1. The van der Waals surface area contributed by atoms with Gasteiger partial charge in [-0.05, 0) is 45.4 Å². The maximum Gasteiger partial charge on any atom is 0.230 e. The second kappa shape index (κ2) is 5.29. The zero-order chi connectivity index (χ0) is 14.0. The molecule has 1 amide bonds. The van der Waals surface area contributed by atoms with Gasteiger partial charge in [0.1, 0.15) is 0 Å². The Morgan fingerprint density at radius 3 is 2.17 bits per heavy atom. The lowest BCUT2D eigenvalue weighted by molar-refractivity contribution is -0.127. The number of benzene rings is 1.